The van der Waals surface area contributed by atoms with E-state index in [2.05, 4.69) is 10.1 Å². The molecule has 0 radical (unpaired) electrons. The number of aromatic nitrogens is 1. The molecule has 168 valence electrons. The Bertz CT molecular complexity index is 1650. The summed E-state index contributed by atoms with van der Waals surface area (Å²) >= 11 is 1.13. The fourth-order valence-corrected chi connectivity index (χ4v) is 4.58. The van der Waals surface area contributed by atoms with E-state index in [9.17, 15) is 14.0 Å². The van der Waals surface area contributed by atoms with E-state index in [1.807, 2.05) is 26.0 Å². The van der Waals surface area contributed by atoms with Gasteiger partial charge in [0.25, 0.3) is 5.91 Å². The van der Waals surface area contributed by atoms with Gasteiger partial charge in [0.2, 0.25) is 10.6 Å². The highest BCUT2D eigenvalue weighted by Crippen LogP contribution is 2.31. The first kappa shape index (κ1) is 21.7. The standard InChI is InChI=1S/C26H18FN3O3S/c1-15-7-9-19(16(2)11-15)25(32)30(26-29-21-10-8-18(27)12-23(21)34-26)28-13-17-14-33-22-6-4-3-5-20(22)24(17)31/h3-14H,1-2H3/b28-13+. The first-order valence-corrected chi connectivity index (χ1v) is 11.2. The molecule has 5 rings (SSSR count). The van der Waals surface area contributed by atoms with Gasteiger partial charge in [0, 0.05) is 5.56 Å². The van der Waals surface area contributed by atoms with Gasteiger partial charge >= 0.3 is 0 Å². The highest BCUT2D eigenvalue weighted by Gasteiger charge is 2.23. The van der Waals surface area contributed by atoms with E-state index in [1.54, 1.807) is 36.4 Å². The van der Waals surface area contributed by atoms with Crippen LogP contribution in [0.15, 0.2) is 81.2 Å². The van der Waals surface area contributed by atoms with E-state index in [-0.39, 0.29) is 16.1 Å². The molecule has 5 aromatic rings. The lowest BCUT2D eigenvalue weighted by molar-refractivity contribution is 0.0987. The van der Waals surface area contributed by atoms with Gasteiger partial charge in [0.15, 0.2) is 0 Å². The number of anilines is 1. The zero-order valence-corrected chi connectivity index (χ0v) is 19.1. The van der Waals surface area contributed by atoms with Gasteiger partial charge in [-0.25, -0.2) is 9.37 Å². The van der Waals surface area contributed by atoms with Crippen LogP contribution in [0.3, 0.4) is 0 Å². The molecule has 1 amide bonds. The molecule has 0 aliphatic heterocycles. The minimum atomic E-state index is -0.418. The first-order chi connectivity index (χ1) is 16.4. The minimum absolute atomic E-state index is 0.185. The summed E-state index contributed by atoms with van der Waals surface area (Å²) in [5.74, 6) is -0.814. The Labute approximate surface area is 197 Å². The Morgan fingerprint density at radius 1 is 1.12 bits per heavy atom. The number of carbonyl (C=O) groups is 1. The first-order valence-electron chi connectivity index (χ1n) is 10.4. The fourth-order valence-electron chi connectivity index (χ4n) is 3.64. The summed E-state index contributed by atoms with van der Waals surface area (Å²) in [7, 11) is 0. The molecule has 0 atom stereocenters. The van der Waals surface area contributed by atoms with Crippen LogP contribution in [0.1, 0.15) is 27.0 Å². The lowest BCUT2D eigenvalue weighted by Gasteiger charge is -2.15. The quantitative estimate of drug-likeness (QED) is 0.244. The van der Waals surface area contributed by atoms with Gasteiger partial charge in [-0.05, 0) is 55.8 Å². The van der Waals surface area contributed by atoms with Gasteiger partial charge in [0.05, 0.1) is 27.4 Å². The zero-order valence-electron chi connectivity index (χ0n) is 18.3. The van der Waals surface area contributed by atoms with Gasteiger partial charge in [-0.1, -0.05) is 41.2 Å². The van der Waals surface area contributed by atoms with Crippen LogP contribution in [-0.4, -0.2) is 17.1 Å². The van der Waals surface area contributed by atoms with Crippen molar-refractivity contribution in [3.63, 3.8) is 0 Å². The van der Waals surface area contributed by atoms with E-state index >= 15 is 0 Å². The summed E-state index contributed by atoms with van der Waals surface area (Å²) < 4.78 is 19.9. The SMILES string of the molecule is Cc1ccc(C(=O)N(/N=C/c2coc3ccccc3c2=O)c2nc3ccc(F)cc3s2)c(C)c1. The number of carbonyl (C=O) groups excluding carboxylic acids is 1. The Morgan fingerprint density at radius 3 is 2.76 bits per heavy atom. The minimum Gasteiger partial charge on any atom is -0.463 e. The van der Waals surface area contributed by atoms with Gasteiger partial charge in [-0.15, -0.1) is 0 Å². The molecule has 2 heterocycles. The second kappa shape index (κ2) is 8.64. The number of para-hydroxylation sites is 1. The number of aryl methyl sites for hydroxylation is 2. The molecule has 3 aromatic carbocycles. The van der Waals surface area contributed by atoms with Crippen LogP contribution >= 0.6 is 11.3 Å². The topological polar surface area (TPSA) is 75.8 Å². The van der Waals surface area contributed by atoms with Crippen molar-refractivity contribution in [2.75, 3.05) is 5.01 Å². The Hall–Kier alpha value is -4.17. The van der Waals surface area contributed by atoms with Crippen LogP contribution in [-0.2, 0) is 0 Å². The average Bonchev–Trinajstić information content (AvgIpc) is 3.23. The molecule has 0 N–H and O–H groups in total. The Kier molecular flexibility index (Phi) is 5.51. The second-order valence-corrected chi connectivity index (χ2v) is 8.81. The van der Waals surface area contributed by atoms with E-state index in [0.29, 0.717) is 26.7 Å². The van der Waals surface area contributed by atoms with E-state index in [0.717, 1.165) is 27.5 Å². The van der Waals surface area contributed by atoms with Crippen molar-refractivity contribution in [3.8, 4) is 0 Å². The molecule has 8 heteroatoms. The molecule has 2 aromatic heterocycles. The third-order valence-electron chi connectivity index (χ3n) is 5.34. The number of hydrogen-bond acceptors (Lipinski definition) is 6. The van der Waals surface area contributed by atoms with Crippen molar-refractivity contribution in [3.05, 3.63) is 105 Å². The maximum Gasteiger partial charge on any atom is 0.281 e. The van der Waals surface area contributed by atoms with Crippen LogP contribution in [0.4, 0.5) is 9.52 Å². The molecule has 34 heavy (non-hydrogen) atoms. The smallest absolute Gasteiger partial charge is 0.281 e. The molecule has 0 spiro atoms. The number of hydrogen-bond donors (Lipinski definition) is 0. The molecular formula is C26H18FN3O3S. The van der Waals surface area contributed by atoms with E-state index in [1.165, 1.54) is 24.6 Å². The van der Waals surface area contributed by atoms with Crippen LogP contribution in [0.25, 0.3) is 21.2 Å². The number of hydrazone groups is 1. The van der Waals surface area contributed by atoms with Crippen molar-refractivity contribution in [1.82, 2.24) is 4.98 Å². The summed E-state index contributed by atoms with van der Waals surface area (Å²) in [5.41, 5.74) is 3.16. The summed E-state index contributed by atoms with van der Waals surface area (Å²) in [6.45, 7) is 3.78. The molecular weight excluding hydrogens is 453 g/mol. The number of rotatable bonds is 4. The van der Waals surface area contributed by atoms with Gasteiger partial charge in [-0.2, -0.15) is 10.1 Å². The normalized spacial score (nSPS) is 11.5. The molecule has 0 saturated heterocycles. The molecule has 0 fully saturated rings. The molecule has 0 aliphatic rings. The predicted octanol–water partition coefficient (Wildman–Crippen LogP) is 5.84. The van der Waals surface area contributed by atoms with Crippen LogP contribution in [0.5, 0.6) is 0 Å². The number of halogens is 1. The van der Waals surface area contributed by atoms with Crippen LogP contribution in [0.2, 0.25) is 0 Å². The highest BCUT2D eigenvalue weighted by molar-refractivity contribution is 7.22. The number of fused-ring (bicyclic) bond motifs is 2. The lowest BCUT2D eigenvalue weighted by Crippen LogP contribution is -2.26. The summed E-state index contributed by atoms with van der Waals surface area (Å²) in [6.07, 6.45) is 2.59. The summed E-state index contributed by atoms with van der Waals surface area (Å²) in [4.78, 5) is 30.9. The molecule has 0 bridgehead atoms. The van der Waals surface area contributed by atoms with Gasteiger partial charge < -0.3 is 4.42 Å². The Morgan fingerprint density at radius 2 is 1.94 bits per heavy atom. The van der Waals surface area contributed by atoms with Crippen LogP contribution in [0, 0.1) is 19.7 Å². The highest BCUT2D eigenvalue weighted by atomic mass is 32.1. The van der Waals surface area contributed by atoms with E-state index < -0.39 is 11.7 Å². The van der Waals surface area contributed by atoms with Crippen molar-refractivity contribution >= 4 is 49.8 Å². The number of benzene rings is 3. The van der Waals surface area contributed by atoms with Gasteiger partial charge in [-0.3, -0.25) is 9.59 Å². The molecule has 0 saturated carbocycles. The maximum absolute atomic E-state index is 13.7. The third-order valence-corrected chi connectivity index (χ3v) is 6.34. The maximum atomic E-state index is 13.7. The van der Waals surface area contributed by atoms with Crippen molar-refractivity contribution < 1.29 is 13.6 Å². The van der Waals surface area contributed by atoms with Gasteiger partial charge in [0.1, 0.15) is 17.7 Å². The monoisotopic (exact) mass is 471 g/mol. The largest absolute Gasteiger partial charge is 0.463 e. The molecule has 0 unspecified atom stereocenters. The Balaban J connectivity index is 1.62. The fraction of sp³-hybridized carbons (Fsp3) is 0.0769. The number of amides is 1. The zero-order chi connectivity index (χ0) is 23.8. The van der Waals surface area contributed by atoms with Crippen molar-refractivity contribution in [1.29, 1.82) is 0 Å². The molecule has 6 nitrogen and oxygen atoms in total. The van der Waals surface area contributed by atoms with Crippen molar-refractivity contribution in [2.45, 2.75) is 13.8 Å². The third kappa shape index (κ3) is 3.99. The van der Waals surface area contributed by atoms with Crippen molar-refractivity contribution in [2.24, 2.45) is 5.10 Å². The predicted molar refractivity (Wildman–Crippen MR) is 132 cm³/mol. The van der Waals surface area contributed by atoms with E-state index in [4.69, 9.17) is 4.42 Å². The second-order valence-electron chi connectivity index (χ2n) is 7.80. The number of thiazole rings is 1. The summed E-state index contributed by atoms with van der Waals surface area (Å²) in [5, 5.41) is 6.14. The number of nitrogens with zero attached hydrogens (tertiary/aromatic N) is 3. The van der Waals surface area contributed by atoms with Crippen LogP contribution < -0.4 is 10.4 Å². The average molecular weight is 472 g/mol. The lowest BCUT2D eigenvalue weighted by atomic mass is 10.1. The molecule has 0 aliphatic carbocycles. The summed E-state index contributed by atoms with van der Waals surface area (Å²) in [6, 6.07) is 16.6.